The molecule has 1 aliphatic rings. The van der Waals surface area contributed by atoms with E-state index in [0.717, 1.165) is 21.2 Å². The van der Waals surface area contributed by atoms with Crippen LogP contribution < -0.4 is 14.8 Å². The van der Waals surface area contributed by atoms with Gasteiger partial charge in [-0.05, 0) is 69.9 Å². The fourth-order valence-electron chi connectivity index (χ4n) is 3.46. The number of amides is 3. The molecule has 0 aliphatic carbocycles. The van der Waals surface area contributed by atoms with E-state index in [2.05, 4.69) is 37.2 Å². The Balaban J connectivity index is 1.52. The Bertz CT molecular complexity index is 1260. The summed E-state index contributed by atoms with van der Waals surface area (Å²) in [4.78, 5) is 26.5. The van der Waals surface area contributed by atoms with Gasteiger partial charge in [0, 0.05) is 4.47 Å². The number of hydrogen-bond acceptors (Lipinski definition) is 4. The quantitative estimate of drug-likeness (QED) is 0.265. The molecule has 0 spiro atoms. The molecule has 174 valence electrons. The topological polar surface area (TPSA) is 67.9 Å². The minimum Gasteiger partial charge on any atom is -0.493 e. The van der Waals surface area contributed by atoms with Crippen molar-refractivity contribution in [3.05, 3.63) is 97.6 Å². The number of nitrogens with one attached hydrogen (secondary N) is 1. The van der Waals surface area contributed by atoms with E-state index < -0.39 is 6.03 Å². The first-order valence-corrected chi connectivity index (χ1v) is 12.1. The van der Waals surface area contributed by atoms with E-state index in [1.165, 1.54) is 4.90 Å². The summed E-state index contributed by atoms with van der Waals surface area (Å²) in [5.74, 6) is 0.679. The highest BCUT2D eigenvalue weighted by Gasteiger charge is 2.33. The van der Waals surface area contributed by atoms with Crippen molar-refractivity contribution in [2.75, 3.05) is 7.11 Å². The number of benzene rings is 3. The fraction of sp³-hybridized carbons (Fsp3) is 0.154. The smallest absolute Gasteiger partial charge is 0.329 e. The van der Waals surface area contributed by atoms with E-state index in [-0.39, 0.29) is 18.1 Å². The molecule has 0 radical (unpaired) electrons. The second kappa shape index (κ2) is 10.4. The number of methoxy groups -OCH3 is 1. The van der Waals surface area contributed by atoms with E-state index >= 15 is 0 Å². The summed E-state index contributed by atoms with van der Waals surface area (Å²) in [5, 5.41) is 2.66. The van der Waals surface area contributed by atoms with Gasteiger partial charge in [0.2, 0.25) is 0 Å². The largest absolute Gasteiger partial charge is 0.493 e. The number of urea groups is 1. The van der Waals surface area contributed by atoms with Crippen LogP contribution >= 0.6 is 31.9 Å². The molecule has 0 atom stereocenters. The predicted octanol–water partition coefficient (Wildman–Crippen LogP) is 6.20. The molecule has 6 nitrogen and oxygen atoms in total. The molecule has 34 heavy (non-hydrogen) atoms. The van der Waals surface area contributed by atoms with Crippen LogP contribution in [0.4, 0.5) is 4.79 Å². The van der Waals surface area contributed by atoms with Crippen molar-refractivity contribution >= 4 is 49.9 Å². The summed E-state index contributed by atoms with van der Waals surface area (Å²) in [6, 6.07) is 18.7. The number of rotatable bonds is 7. The molecule has 0 bridgehead atoms. The standard InChI is InChI=1S/C26H22Br2N2O4/c1-16-3-5-17(6-4-16)14-30-25(31)22(29-26(30)32)12-19-11-21(28)24(23(13-19)33-2)34-15-18-7-9-20(27)10-8-18/h3-13H,14-15H2,1-2H3,(H,29,32)/b22-12+. The average molecular weight is 586 g/mol. The van der Waals surface area contributed by atoms with Gasteiger partial charge in [-0.15, -0.1) is 0 Å². The number of hydrogen-bond donors (Lipinski definition) is 1. The summed E-state index contributed by atoms with van der Waals surface area (Å²) in [5.41, 5.74) is 3.89. The molecular weight excluding hydrogens is 564 g/mol. The third kappa shape index (κ3) is 5.51. The number of carbonyl (C=O) groups is 2. The Morgan fingerprint density at radius 1 is 0.971 bits per heavy atom. The van der Waals surface area contributed by atoms with Gasteiger partial charge in [0.05, 0.1) is 18.1 Å². The zero-order chi connectivity index (χ0) is 24.2. The number of nitrogens with zero attached hydrogens (tertiary/aromatic N) is 1. The van der Waals surface area contributed by atoms with E-state index in [4.69, 9.17) is 9.47 Å². The third-order valence-corrected chi connectivity index (χ3v) is 6.40. The van der Waals surface area contributed by atoms with E-state index in [9.17, 15) is 9.59 Å². The highest BCUT2D eigenvalue weighted by Crippen LogP contribution is 2.38. The molecule has 1 fully saturated rings. The highest BCUT2D eigenvalue weighted by molar-refractivity contribution is 9.10. The van der Waals surface area contributed by atoms with Crippen molar-refractivity contribution in [3.63, 3.8) is 0 Å². The van der Waals surface area contributed by atoms with Gasteiger partial charge in [0.1, 0.15) is 12.3 Å². The van der Waals surface area contributed by atoms with Crippen LogP contribution in [-0.2, 0) is 17.9 Å². The number of halogens is 2. The van der Waals surface area contributed by atoms with Crippen LogP contribution in [0.25, 0.3) is 6.08 Å². The van der Waals surface area contributed by atoms with Gasteiger partial charge in [0.25, 0.3) is 5.91 Å². The Hall–Kier alpha value is -3.10. The maximum absolute atomic E-state index is 12.9. The minimum absolute atomic E-state index is 0.203. The lowest BCUT2D eigenvalue weighted by molar-refractivity contribution is -0.123. The van der Waals surface area contributed by atoms with Crippen LogP contribution in [0.3, 0.4) is 0 Å². The molecule has 3 aromatic carbocycles. The van der Waals surface area contributed by atoms with Crippen molar-refractivity contribution < 1.29 is 19.1 Å². The van der Waals surface area contributed by atoms with Crippen molar-refractivity contribution in [1.29, 1.82) is 0 Å². The lowest BCUT2D eigenvalue weighted by Gasteiger charge is -2.14. The van der Waals surface area contributed by atoms with Gasteiger partial charge in [-0.1, -0.05) is 57.9 Å². The highest BCUT2D eigenvalue weighted by atomic mass is 79.9. The molecule has 4 rings (SSSR count). The first kappa shape index (κ1) is 24.0. The van der Waals surface area contributed by atoms with Crippen LogP contribution in [0, 0.1) is 6.92 Å². The van der Waals surface area contributed by atoms with Gasteiger partial charge in [-0.2, -0.15) is 0 Å². The molecule has 3 amide bonds. The lowest BCUT2D eigenvalue weighted by atomic mass is 10.1. The van der Waals surface area contributed by atoms with Gasteiger partial charge in [0.15, 0.2) is 11.5 Å². The lowest BCUT2D eigenvalue weighted by Crippen LogP contribution is -2.30. The molecule has 3 aromatic rings. The molecule has 8 heteroatoms. The van der Waals surface area contributed by atoms with E-state index in [1.54, 1.807) is 19.3 Å². The second-order valence-electron chi connectivity index (χ2n) is 7.81. The van der Waals surface area contributed by atoms with Crippen LogP contribution in [0.2, 0.25) is 0 Å². The normalized spacial score (nSPS) is 14.5. The maximum Gasteiger partial charge on any atom is 0.329 e. The molecule has 1 heterocycles. The van der Waals surface area contributed by atoms with E-state index in [0.29, 0.717) is 28.1 Å². The van der Waals surface area contributed by atoms with Crippen molar-refractivity contribution in [2.45, 2.75) is 20.1 Å². The zero-order valence-corrected chi connectivity index (χ0v) is 21.8. The van der Waals surface area contributed by atoms with Crippen molar-refractivity contribution in [2.24, 2.45) is 0 Å². The Morgan fingerprint density at radius 3 is 2.32 bits per heavy atom. The zero-order valence-electron chi connectivity index (χ0n) is 18.6. The van der Waals surface area contributed by atoms with Crippen molar-refractivity contribution in [1.82, 2.24) is 10.2 Å². The summed E-state index contributed by atoms with van der Waals surface area (Å²) in [6.45, 7) is 2.56. The molecule has 1 N–H and O–H groups in total. The fourth-order valence-corrected chi connectivity index (χ4v) is 4.30. The number of ether oxygens (including phenoxy) is 2. The minimum atomic E-state index is -0.447. The monoisotopic (exact) mass is 584 g/mol. The SMILES string of the molecule is COc1cc(/C=C2/NC(=O)N(Cc3ccc(C)cc3)C2=O)cc(Br)c1OCc1ccc(Br)cc1. The molecular formula is C26H22Br2N2O4. The summed E-state index contributed by atoms with van der Waals surface area (Å²) < 4.78 is 13.2. The number of aryl methyl sites for hydroxylation is 1. The Labute approximate surface area is 214 Å². The second-order valence-corrected chi connectivity index (χ2v) is 9.58. The summed E-state index contributed by atoms with van der Waals surface area (Å²) in [6.07, 6.45) is 1.63. The van der Waals surface area contributed by atoms with Gasteiger partial charge >= 0.3 is 6.03 Å². The maximum atomic E-state index is 12.9. The number of imide groups is 1. The Morgan fingerprint density at radius 2 is 1.65 bits per heavy atom. The predicted molar refractivity (Wildman–Crippen MR) is 137 cm³/mol. The van der Waals surface area contributed by atoms with Gasteiger partial charge in [-0.25, -0.2) is 4.79 Å². The first-order chi connectivity index (χ1) is 16.3. The molecule has 0 aromatic heterocycles. The summed E-state index contributed by atoms with van der Waals surface area (Å²) in [7, 11) is 1.55. The van der Waals surface area contributed by atoms with Crippen LogP contribution in [0.15, 0.2) is 75.3 Å². The third-order valence-electron chi connectivity index (χ3n) is 5.28. The Kier molecular flexibility index (Phi) is 7.38. The van der Waals surface area contributed by atoms with Crippen LogP contribution in [0.1, 0.15) is 22.3 Å². The van der Waals surface area contributed by atoms with E-state index in [1.807, 2.05) is 61.5 Å². The van der Waals surface area contributed by atoms with Crippen LogP contribution in [0.5, 0.6) is 11.5 Å². The van der Waals surface area contributed by atoms with Gasteiger partial charge in [-0.3, -0.25) is 9.69 Å². The average Bonchev–Trinajstić information content (AvgIpc) is 3.07. The van der Waals surface area contributed by atoms with Crippen LogP contribution in [-0.4, -0.2) is 23.9 Å². The van der Waals surface area contributed by atoms with Gasteiger partial charge < -0.3 is 14.8 Å². The first-order valence-electron chi connectivity index (χ1n) is 10.5. The molecule has 1 aliphatic heterocycles. The molecule has 0 saturated carbocycles. The number of carbonyl (C=O) groups excluding carboxylic acids is 2. The molecule has 0 unspecified atom stereocenters. The van der Waals surface area contributed by atoms with Crippen molar-refractivity contribution in [3.8, 4) is 11.5 Å². The summed E-state index contributed by atoms with van der Waals surface area (Å²) >= 11 is 6.96. The molecule has 1 saturated heterocycles.